The second kappa shape index (κ2) is 4.49. The van der Waals surface area contributed by atoms with Crippen LogP contribution in [-0.4, -0.2) is 6.36 Å². The topological polar surface area (TPSA) is 35.2 Å². The van der Waals surface area contributed by atoms with E-state index in [0.29, 0.717) is 10.0 Å². The number of hydrogen-bond acceptors (Lipinski definition) is 2. The van der Waals surface area contributed by atoms with Crippen molar-refractivity contribution in [3.8, 4) is 5.75 Å². The number of rotatable bonds is 2. The van der Waals surface area contributed by atoms with Gasteiger partial charge in [-0.15, -0.1) is 24.8 Å². The molecule has 0 heterocycles. The average molecular weight is 304 g/mol. The quantitative estimate of drug-likeness (QED) is 0.668. The van der Waals surface area contributed by atoms with Gasteiger partial charge in [0.15, 0.2) is 5.75 Å². The Kier molecular flexibility index (Phi) is 3.72. The van der Waals surface area contributed by atoms with Crippen molar-refractivity contribution in [1.82, 2.24) is 0 Å². The number of hydrogen-bond donors (Lipinski definition) is 1. The number of benzene rings is 1. The van der Waals surface area contributed by atoms with E-state index in [1.54, 1.807) is 0 Å². The molecule has 0 saturated heterocycles. The molecule has 2 N–H and O–H groups in total. The molecule has 1 aromatic rings. The second-order valence-corrected chi connectivity index (χ2v) is 3.69. The molecule has 1 rings (SSSR count). The van der Waals surface area contributed by atoms with Gasteiger partial charge in [0.2, 0.25) is 0 Å². The highest BCUT2D eigenvalue weighted by atomic mass is 79.9. The molecule has 0 spiro atoms. The van der Waals surface area contributed by atoms with Gasteiger partial charge in [-0.05, 0) is 27.6 Å². The molecule has 0 aromatic heterocycles. The van der Waals surface area contributed by atoms with Crippen molar-refractivity contribution in [2.45, 2.75) is 12.2 Å². The van der Waals surface area contributed by atoms with Gasteiger partial charge < -0.3 is 10.5 Å². The lowest BCUT2D eigenvalue weighted by molar-refractivity contribution is -0.274. The van der Waals surface area contributed by atoms with Gasteiger partial charge in [0.25, 0.3) is 0 Å². The normalized spacial score (nSPS) is 11.5. The minimum absolute atomic E-state index is 0.120. The summed E-state index contributed by atoms with van der Waals surface area (Å²) >= 11 is 8.58. The molecule has 0 aliphatic carbocycles. The summed E-state index contributed by atoms with van der Waals surface area (Å²) in [5.74, 6) is -0.292. The Morgan fingerprint density at radius 2 is 2.00 bits per heavy atom. The van der Waals surface area contributed by atoms with Gasteiger partial charge in [0.1, 0.15) is 0 Å². The van der Waals surface area contributed by atoms with E-state index in [9.17, 15) is 13.2 Å². The Morgan fingerprint density at radius 1 is 1.40 bits per heavy atom. The van der Waals surface area contributed by atoms with E-state index in [0.717, 1.165) is 6.07 Å². The largest absolute Gasteiger partial charge is 0.573 e. The molecule has 0 unspecified atom stereocenters. The first-order valence-electron chi connectivity index (χ1n) is 3.73. The lowest BCUT2D eigenvalue weighted by Crippen LogP contribution is -2.18. The monoisotopic (exact) mass is 303 g/mol. The number of alkyl halides is 4. The molecule has 15 heavy (non-hydrogen) atoms. The van der Waals surface area contributed by atoms with Crippen molar-refractivity contribution in [1.29, 1.82) is 0 Å². The zero-order valence-corrected chi connectivity index (χ0v) is 9.58. The van der Waals surface area contributed by atoms with Crippen LogP contribution in [0.5, 0.6) is 5.75 Å². The van der Waals surface area contributed by atoms with E-state index in [1.165, 1.54) is 6.07 Å². The summed E-state index contributed by atoms with van der Waals surface area (Å²) in [6.07, 6.45) is -4.75. The summed E-state index contributed by atoms with van der Waals surface area (Å²) in [4.78, 5) is 0. The Bertz CT molecular complexity index is 370. The minimum atomic E-state index is -4.75. The lowest BCUT2D eigenvalue weighted by atomic mass is 10.2. The SMILES string of the molecule is Nc1c(OC(F)(F)F)ccc(CCl)c1Br. The summed E-state index contributed by atoms with van der Waals surface area (Å²) < 4.78 is 39.8. The highest BCUT2D eigenvalue weighted by molar-refractivity contribution is 9.10. The number of anilines is 1. The third-order valence-corrected chi connectivity index (χ3v) is 2.81. The van der Waals surface area contributed by atoms with Crippen molar-refractivity contribution < 1.29 is 17.9 Å². The van der Waals surface area contributed by atoms with Crippen molar-refractivity contribution in [3.63, 3.8) is 0 Å². The van der Waals surface area contributed by atoms with Gasteiger partial charge in [0.05, 0.1) is 5.69 Å². The molecular weight excluding hydrogens is 298 g/mol. The highest BCUT2D eigenvalue weighted by Crippen LogP contribution is 2.36. The molecule has 1 aromatic carbocycles. The van der Waals surface area contributed by atoms with Crippen LogP contribution in [0.2, 0.25) is 0 Å². The molecular formula is C8H6BrClF3NO. The summed E-state index contributed by atoms with van der Waals surface area (Å²) in [7, 11) is 0. The van der Waals surface area contributed by atoms with E-state index < -0.39 is 12.1 Å². The first-order chi connectivity index (χ1) is 6.85. The standard InChI is InChI=1S/C8H6BrClF3NO/c9-6-4(3-10)1-2-5(7(6)14)15-8(11,12)13/h1-2H,3,14H2. The van der Waals surface area contributed by atoms with Gasteiger partial charge in [-0.2, -0.15) is 0 Å². The van der Waals surface area contributed by atoms with E-state index in [1.807, 2.05) is 0 Å². The van der Waals surface area contributed by atoms with Crippen LogP contribution in [0.3, 0.4) is 0 Å². The van der Waals surface area contributed by atoms with Crippen LogP contribution >= 0.6 is 27.5 Å². The molecule has 0 radical (unpaired) electrons. The molecule has 0 saturated carbocycles. The van der Waals surface area contributed by atoms with Crippen LogP contribution in [0.1, 0.15) is 5.56 Å². The Labute approximate surface area is 97.3 Å². The zero-order valence-electron chi connectivity index (χ0n) is 7.24. The molecule has 84 valence electrons. The Morgan fingerprint density at radius 3 is 2.47 bits per heavy atom. The van der Waals surface area contributed by atoms with Gasteiger partial charge in [-0.1, -0.05) is 6.07 Å². The van der Waals surface area contributed by atoms with Gasteiger partial charge in [-0.25, -0.2) is 0 Å². The van der Waals surface area contributed by atoms with Crippen molar-refractivity contribution in [2.24, 2.45) is 0 Å². The fourth-order valence-electron chi connectivity index (χ4n) is 0.937. The third kappa shape index (κ3) is 3.17. The molecule has 0 atom stereocenters. The van der Waals surface area contributed by atoms with Crippen LogP contribution in [-0.2, 0) is 5.88 Å². The Balaban J connectivity index is 3.07. The summed E-state index contributed by atoms with van der Waals surface area (Å²) in [6.45, 7) is 0. The molecule has 0 aliphatic heterocycles. The van der Waals surface area contributed by atoms with Crippen molar-refractivity contribution in [2.75, 3.05) is 5.73 Å². The zero-order chi connectivity index (χ0) is 11.6. The predicted octanol–water partition coefficient (Wildman–Crippen LogP) is 3.67. The fourth-order valence-corrected chi connectivity index (χ4v) is 1.79. The number of ether oxygens (including phenoxy) is 1. The predicted molar refractivity (Wildman–Crippen MR) is 54.8 cm³/mol. The van der Waals surface area contributed by atoms with Crippen molar-refractivity contribution in [3.05, 3.63) is 22.2 Å². The molecule has 2 nitrogen and oxygen atoms in total. The lowest BCUT2D eigenvalue weighted by Gasteiger charge is -2.13. The molecule has 0 amide bonds. The van der Waals surface area contributed by atoms with Gasteiger partial charge >= 0.3 is 6.36 Å². The number of halogens is 5. The maximum absolute atomic E-state index is 11.9. The van der Waals surface area contributed by atoms with E-state index in [2.05, 4.69) is 20.7 Å². The Hall–Kier alpha value is -0.620. The van der Waals surface area contributed by atoms with Crippen LogP contribution in [0.25, 0.3) is 0 Å². The molecule has 7 heteroatoms. The maximum Gasteiger partial charge on any atom is 0.573 e. The summed E-state index contributed by atoms with van der Waals surface area (Å²) in [5.41, 5.74) is 5.92. The van der Waals surface area contributed by atoms with Crippen LogP contribution in [0.4, 0.5) is 18.9 Å². The summed E-state index contributed by atoms with van der Waals surface area (Å²) in [6, 6.07) is 2.54. The minimum Gasteiger partial charge on any atom is -0.404 e. The summed E-state index contributed by atoms with van der Waals surface area (Å²) in [5, 5.41) is 0. The number of nitrogen functional groups attached to an aromatic ring is 1. The molecule has 0 aliphatic rings. The highest BCUT2D eigenvalue weighted by Gasteiger charge is 2.32. The van der Waals surface area contributed by atoms with Crippen LogP contribution in [0.15, 0.2) is 16.6 Å². The van der Waals surface area contributed by atoms with Crippen molar-refractivity contribution >= 4 is 33.2 Å². The van der Waals surface area contributed by atoms with E-state index in [-0.39, 0.29) is 11.6 Å². The van der Waals surface area contributed by atoms with Gasteiger partial charge in [0, 0.05) is 10.4 Å². The molecule has 0 bridgehead atoms. The van der Waals surface area contributed by atoms with Crippen LogP contribution < -0.4 is 10.5 Å². The third-order valence-electron chi connectivity index (χ3n) is 1.59. The molecule has 0 fully saturated rings. The maximum atomic E-state index is 11.9. The van der Waals surface area contributed by atoms with Gasteiger partial charge in [-0.3, -0.25) is 0 Å². The smallest absolute Gasteiger partial charge is 0.404 e. The average Bonchev–Trinajstić information content (AvgIpc) is 2.11. The van der Waals surface area contributed by atoms with E-state index in [4.69, 9.17) is 17.3 Å². The van der Waals surface area contributed by atoms with Crippen LogP contribution in [0, 0.1) is 0 Å². The second-order valence-electron chi connectivity index (χ2n) is 2.63. The number of nitrogens with two attached hydrogens (primary N) is 1. The fraction of sp³-hybridized carbons (Fsp3) is 0.250. The first kappa shape index (κ1) is 12.4. The van der Waals surface area contributed by atoms with E-state index >= 15 is 0 Å². The first-order valence-corrected chi connectivity index (χ1v) is 5.06.